The normalized spacial score (nSPS) is 12.3. The first-order chi connectivity index (χ1) is 14.1. The molecule has 0 aliphatic carbocycles. The lowest BCUT2D eigenvalue weighted by atomic mass is 10.1. The molecule has 3 aromatic rings. The van der Waals surface area contributed by atoms with E-state index in [1.165, 1.54) is 12.1 Å². The monoisotopic (exact) mass is 397 g/mol. The molecule has 1 atom stereocenters. The van der Waals surface area contributed by atoms with Crippen molar-refractivity contribution < 1.29 is 18.6 Å². The Kier molecular flexibility index (Phi) is 7.87. The summed E-state index contributed by atoms with van der Waals surface area (Å²) in [6, 6.07) is 23.1. The second-order valence-electron chi connectivity index (χ2n) is 7.05. The number of hydrogen-bond acceptors (Lipinski definition) is 3. The van der Waals surface area contributed by atoms with Gasteiger partial charge in [-0.05, 0) is 17.2 Å². The molecule has 152 valence electrons. The van der Waals surface area contributed by atoms with Crippen molar-refractivity contribution in [3.05, 3.63) is 107 Å². The first kappa shape index (κ1) is 21.1. The minimum Gasteiger partial charge on any atom is -0.389 e. The molecule has 3 aromatic carbocycles. The van der Waals surface area contributed by atoms with Crippen LogP contribution in [-0.2, 0) is 24.4 Å². The van der Waals surface area contributed by atoms with E-state index in [0.29, 0.717) is 25.3 Å². The minimum absolute atomic E-state index is 0.173. The number of rotatable bonds is 10. The third-order valence-corrected chi connectivity index (χ3v) is 4.55. The Bertz CT molecular complexity index is 875. The summed E-state index contributed by atoms with van der Waals surface area (Å²) in [7, 11) is 0. The molecule has 0 aliphatic rings. The van der Waals surface area contributed by atoms with Gasteiger partial charge in [0.05, 0.1) is 19.3 Å². The summed E-state index contributed by atoms with van der Waals surface area (Å²) < 4.78 is 33.0. The standard InChI is InChI=1S/C24H25F2NO2/c25-22-12-11-21(24(26)13-22)15-27(14-19-7-3-1-4-8-19)16-23(28)18-29-17-20-9-5-2-6-10-20/h1-13,23,28H,14-18H2/t23-/m1/s1. The maximum Gasteiger partial charge on any atom is 0.130 e. The van der Waals surface area contributed by atoms with Crippen molar-refractivity contribution in [1.82, 2.24) is 4.90 Å². The van der Waals surface area contributed by atoms with Gasteiger partial charge in [-0.3, -0.25) is 4.90 Å². The Morgan fingerprint density at radius 3 is 2.14 bits per heavy atom. The van der Waals surface area contributed by atoms with Gasteiger partial charge in [0, 0.05) is 31.3 Å². The molecule has 0 saturated carbocycles. The minimum atomic E-state index is -0.731. The fourth-order valence-corrected chi connectivity index (χ4v) is 3.16. The highest BCUT2D eigenvalue weighted by molar-refractivity contribution is 5.19. The summed E-state index contributed by atoms with van der Waals surface area (Å²) in [6.07, 6.45) is -0.731. The van der Waals surface area contributed by atoms with E-state index < -0.39 is 17.7 Å². The Labute approximate surface area is 170 Å². The van der Waals surface area contributed by atoms with Gasteiger partial charge in [-0.15, -0.1) is 0 Å². The molecule has 0 aromatic heterocycles. The van der Waals surface area contributed by atoms with Crippen molar-refractivity contribution in [1.29, 1.82) is 0 Å². The molecule has 0 aliphatic heterocycles. The van der Waals surface area contributed by atoms with Crippen LogP contribution < -0.4 is 0 Å². The molecule has 0 heterocycles. The van der Waals surface area contributed by atoms with Gasteiger partial charge in [0.1, 0.15) is 11.6 Å². The molecule has 5 heteroatoms. The van der Waals surface area contributed by atoms with Crippen LogP contribution in [0.15, 0.2) is 78.9 Å². The van der Waals surface area contributed by atoms with Crippen LogP contribution in [0.5, 0.6) is 0 Å². The highest BCUT2D eigenvalue weighted by Crippen LogP contribution is 2.15. The van der Waals surface area contributed by atoms with Gasteiger partial charge in [-0.2, -0.15) is 0 Å². The highest BCUT2D eigenvalue weighted by atomic mass is 19.1. The van der Waals surface area contributed by atoms with E-state index in [4.69, 9.17) is 4.74 Å². The number of halogens is 2. The topological polar surface area (TPSA) is 32.7 Å². The van der Waals surface area contributed by atoms with Crippen molar-refractivity contribution in [2.45, 2.75) is 25.8 Å². The summed E-state index contributed by atoms with van der Waals surface area (Å²) in [5, 5.41) is 10.4. The Morgan fingerprint density at radius 2 is 1.48 bits per heavy atom. The van der Waals surface area contributed by atoms with Gasteiger partial charge in [0.2, 0.25) is 0 Å². The highest BCUT2D eigenvalue weighted by Gasteiger charge is 2.15. The SMILES string of the molecule is O[C@@H](COCc1ccccc1)CN(Cc1ccccc1)Cc1ccc(F)cc1F. The van der Waals surface area contributed by atoms with Crippen LogP contribution in [0.1, 0.15) is 16.7 Å². The summed E-state index contributed by atoms with van der Waals surface area (Å²) >= 11 is 0. The first-order valence-corrected chi connectivity index (χ1v) is 9.60. The second-order valence-corrected chi connectivity index (χ2v) is 7.05. The largest absolute Gasteiger partial charge is 0.389 e. The number of ether oxygens (including phenoxy) is 1. The molecule has 0 spiro atoms. The maximum atomic E-state index is 14.1. The van der Waals surface area contributed by atoms with Gasteiger partial charge in [0.25, 0.3) is 0 Å². The molecule has 3 nitrogen and oxygen atoms in total. The van der Waals surface area contributed by atoms with Crippen molar-refractivity contribution in [3.8, 4) is 0 Å². The van der Waals surface area contributed by atoms with E-state index in [0.717, 1.165) is 17.2 Å². The van der Waals surface area contributed by atoms with Crippen LogP contribution >= 0.6 is 0 Å². The number of aliphatic hydroxyl groups excluding tert-OH is 1. The second kappa shape index (κ2) is 10.8. The average molecular weight is 397 g/mol. The number of hydrogen-bond donors (Lipinski definition) is 1. The van der Waals surface area contributed by atoms with Gasteiger partial charge >= 0.3 is 0 Å². The molecule has 0 unspecified atom stereocenters. The van der Waals surface area contributed by atoms with Crippen molar-refractivity contribution >= 4 is 0 Å². The van der Waals surface area contributed by atoms with Gasteiger partial charge in [-0.25, -0.2) is 8.78 Å². The molecular weight excluding hydrogens is 372 g/mol. The van der Waals surface area contributed by atoms with E-state index in [9.17, 15) is 13.9 Å². The maximum absolute atomic E-state index is 14.1. The van der Waals surface area contributed by atoms with E-state index in [-0.39, 0.29) is 13.2 Å². The van der Waals surface area contributed by atoms with Crippen LogP contribution in [0.2, 0.25) is 0 Å². The Balaban J connectivity index is 1.60. The summed E-state index contributed by atoms with van der Waals surface area (Å²) in [5.74, 6) is -1.19. The zero-order valence-corrected chi connectivity index (χ0v) is 16.2. The number of aliphatic hydroxyl groups is 1. The van der Waals surface area contributed by atoms with Crippen LogP contribution in [0.3, 0.4) is 0 Å². The fraction of sp³-hybridized carbons (Fsp3) is 0.250. The molecule has 0 fully saturated rings. The third kappa shape index (κ3) is 7.06. The summed E-state index contributed by atoms with van der Waals surface area (Å²) in [6.45, 7) is 1.69. The first-order valence-electron chi connectivity index (χ1n) is 9.60. The Hall–Kier alpha value is -2.60. The number of benzene rings is 3. The molecule has 3 rings (SSSR count). The molecule has 0 amide bonds. The molecule has 29 heavy (non-hydrogen) atoms. The zero-order valence-electron chi connectivity index (χ0n) is 16.2. The molecule has 0 radical (unpaired) electrons. The van der Waals surface area contributed by atoms with Gasteiger partial charge in [-0.1, -0.05) is 66.7 Å². The van der Waals surface area contributed by atoms with Crippen molar-refractivity contribution in [2.24, 2.45) is 0 Å². The predicted molar refractivity (Wildman–Crippen MR) is 109 cm³/mol. The van der Waals surface area contributed by atoms with Crippen LogP contribution in [0.4, 0.5) is 8.78 Å². The van der Waals surface area contributed by atoms with Crippen molar-refractivity contribution in [3.63, 3.8) is 0 Å². The van der Waals surface area contributed by atoms with E-state index in [2.05, 4.69) is 0 Å². The summed E-state index contributed by atoms with van der Waals surface area (Å²) in [4.78, 5) is 1.93. The molecular formula is C24H25F2NO2. The van der Waals surface area contributed by atoms with E-state index in [1.54, 1.807) is 0 Å². The lowest BCUT2D eigenvalue weighted by Crippen LogP contribution is -2.34. The lowest BCUT2D eigenvalue weighted by molar-refractivity contribution is 0.00696. The number of nitrogens with zero attached hydrogens (tertiary/aromatic N) is 1. The van der Waals surface area contributed by atoms with E-state index in [1.807, 2.05) is 65.6 Å². The van der Waals surface area contributed by atoms with E-state index >= 15 is 0 Å². The van der Waals surface area contributed by atoms with Crippen LogP contribution in [0, 0.1) is 11.6 Å². The quantitative estimate of drug-likeness (QED) is 0.545. The van der Waals surface area contributed by atoms with Gasteiger partial charge < -0.3 is 9.84 Å². The van der Waals surface area contributed by atoms with Crippen molar-refractivity contribution in [2.75, 3.05) is 13.2 Å². The smallest absolute Gasteiger partial charge is 0.130 e. The molecule has 0 saturated heterocycles. The third-order valence-electron chi connectivity index (χ3n) is 4.55. The average Bonchev–Trinajstić information content (AvgIpc) is 2.71. The van der Waals surface area contributed by atoms with Crippen LogP contribution in [0.25, 0.3) is 0 Å². The molecule has 1 N–H and O–H groups in total. The van der Waals surface area contributed by atoms with Gasteiger partial charge in [0.15, 0.2) is 0 Å². The fourth-order valence-electron chi connectivity index (χ4n) is 3.16. The van der Waals surface area contributed by atoms with Crippen LogP contribution in [-0.4, -0.2) is 29.3 Å². The summed E-state index contributed by atoms with van der Waals surface area (Å²) in [5.41, 5.74) is 2.47. The zero-order chi connectivity index (χ0) is 20.5. The Morgan fingerprint density at radius 1 is 0.828 bits per heavy atom. The molecule has 0 bridgehead atoms. The lowest BCUT2D eigenvalue weighted by Gasteiger charge is -2.25. The predicted octanol–water partition coefficient (Wildman–Crippen LogP) is 4.54.